The summed E-state index contributed by atoms with van der Waals surface area (Å²) >= 11 is 0. The van der Waals surface area contributed by atoms with Gasteiger partial charge in [-0.1, -0.05) is 13.8 Å². The second-order valence-corrected chi connectivity index (χ2v) is 5.18. The molecular weight excluding hydrogens is 250 g/mol. The first-order chi connectivity index (χ1) is 9.69. The van der Waals surface area contributed by atoms with Gasteiger partial charge in [0.25, 0.3) is 0 Å². The van der Waals surface area contributed by atoms with Crippen molar-refractivity contribution in [2.24, 2.45) is 7.05 Å². The van der Waals surface area contributed by atoms with Gasteiger partial charge in [-0.3, -0.25) is 9.36 Å². The molecule has 0 spiro atoms. The zero-order chi connectivity index (χ0) is 14.5. The van der Waals surface area contributed by atoms with Crippen molar-refractivity contribution in [3.63, 3.8) is 0 Å². The van der Waals surface area contributed by atoms with Crippen molar-refractivity contribution in [3.05, 3.63) is 35.4 Å². The fraction of sp³-hybridized carbons (Fsp3) is 0.600. The highest BCUT2D eigenvalue weighted by atomic mass is 15.3. The minimum atomic E-state index is 0.165. The molecule has 0 bridgehead atoms. The van der Waals surface area contributed by atoms with E-state index in [1.165, 1.54) is 17.0 Å². The second kappa shape index (κ2) is 6.70. The van der Waals surface area contributed by atoms with E-state index in [9.17, 15) is 0 Å². The highest BCUT2D eigenvalue weighted by Gasteiger charge is 2.21. The Morgan fingerprint density at radius 3 is 2.65 bits per heavy atom. The zero-order valence-corrected chi connectivity index (χ0v) is 12.9. The van der Waals surface area contributed by atoms with Crippen molar-refractivity contribution >= 4 is 0 Å². The number of rotatable bonds is 7. The Kier molecular flexibility index (Phi) is 4.95. The van der Waals surface area contributed by atoms with Crippen LogP contribution in [0.5, 0.6) is 0 Å². The first-order valence-corrected chi connectivity index (χ1v) is 7.42. The lowest BCUT2D eigenvalue weighted by Crippen LogP contribution is -2.26. The maximum absolute atomic E-state index is 4.45. The molecule has 0 saturated carbocycles. The molecule has 0 aliphatic rings. The van der Waals surface area contributed by atoms with E-state index in [2.05, 4.69) is 47.0 Å². The average Bonchev–Trinajstić information content (AvgIpc) is 3.02. The maximum atomic E-state index is 4.45. The van der Waals surface area contributed by atoms with Gasteiger partial charge in [0, 0.05) is 31.0 Å². The van der Waals surface area contributed by atoms with E-state index in [0.29, 0.717) is 0 Å². The maximum Gasteiger partial charge on any atom is 0.0781 e. The van der Waals surface area contributed by atoms with Crippen LogP contribution in [0.25, 0.3) is 0 Å². The molecule has 0 aliphatic heterocycles. The lowest BCUT2D eigenvalue weighted by Gasteiger charge is -2.20. The van der Waals surface area contributed by atoms with Crippen LogP contribution in [0.15, 0.2) is 18.5 Å². The van der Waals surface area contributed by atoms with Crippen LogP contribution in [0.2, 0.25) is 0 Å². The van der Waals surface area contributed by atoms with Crippen molar-refractivity contribution in [1.29, 1.82) is 0 Å². The monoisotopic (exact) mass is 275 g/mol. The minimum absolute atomic E-state index is 0.165. The van der Waals surface area contributed by atoms with Crippen molar-refractivity contribution in [3.8, 4) is 0 Å². The Bertz CT molecular complexity index is 540. The molecule has 110 valence electrons. The minimum Gasteiger partial charge on any atom is -0.305 e. The molecule has 5 nitrogen and oxygen atoms in total. The van der Waals surface area contributed by atoms with E-state index in [1.54, 1.807) is 0 Å². The Hall–Kier alpha value is -1.62. The van der Waals surface area contributed by atoms with E-state index >= 15 is 0 Å². The number of nitrogens with one attached hydrogen (secondary N) is 1. The number of nitrogens with zero attached hydrogens (tertiary/aromatic N) is 4. The highest BCUT2D eigenvalue weighted by Crippen LogP contribution is 2.24. The van der Waals surface area contributed by atoms with Gasteiger partial charge in [-0.25, -0.2) is 0 Å². The molecule has 1 atom stereocenters. The number of hydrogen-bond donors (Lipinski definition) is 1. The van der Waals surface area contributed by atoms with E-state index < -0.39 is 0 Å². The van der Waals surface area contributed by atoms with E-state index in [4.69, 9.17) is 0 Å². The van der Waals surface area contributed by atoms with Gasteiger partial charge in [0.15, 0.2) is 0 Å². The second-order valence-electron chi connectivity index (χ2n) is 5.18. The molecule has 0 fully saturated rings. The van der Waals surface area contributed by atoms with Crippen LogP contribution in [0.1, 0.15) is 49.7 Å². The molecule has 1 N–H and O–H groups in total. The summed E-state index contributed by atoms with van der Waals surface area (Å²) in [5.74, 6) is 0. The molecule has 0 saturated heterocycles. The van der Waals surface area contributed by atoms with Gasteiger partial charge in [0.1, 0.15) is 0 Å². The van der Waals surface area contributed by atoms with Gasteiger partial charge in [-0.2, -0.15) is 10.2 Å². The third-order valence-corrected chi connectivity index (χ3v) is 3.66. The van der Waals surface area contributed by atoms with E-state index in [1.807, 2.05) is 24.1 Å². The Labute approximate surface area is 121 Å². The summed E-state index contributed by atoms with van der Waals surface area (Å²) in [6.45, 7) is 8.41. The third-order valence-electron chi connectivity index (χ3n) is 3.66. The average molecular weight is 275 g/mol. The third kappa shape index (κ3) is 2.93. The summed E-state index contributed by atoms with van der Waals surface area (Å²) in [6.07, 6.45) is 6.04. The largest absolute Gasteiger partial charge is 0.305 e. The summed E-state index contributed by atoms with van der Waals surface area (Å²) in [4.78, 5) is 0. The summed E-state index contributed by atoms with van der Waals surface area (Å²) in [5.41, 5.74) is 3.65. The number of hydrogen-bond acceptors (Lipinski definition) is 3. The SMILES string of the molecule is CCCNC(c1cnn(C)c1C)c1ccnn1CCC. The molecule has 0 radical (unpaired) electrons. The lowest BCUT2D eigenvalue weighted by atomic mass is 10.0. The van der Waals surface area contributed by atoms with Crippen LogP contribution in [0.3, 0.4) is 0 Å². The molecule has 1 unspecified atom stereocenters. The van der Waals surface area contributed by atoms with Crippen LogP contribution in [-0.4, -0.2) is 26.1 Å². The van der Waals surface area contributed by atoms with Gasteiger partial charge in [0.05, 0.1) is 17.9 Å². The summed E-state index contributed by atoms with van der Waals surface area (Å²) in [5, 5.41) is 12.5. The van der Waals surface area contributed by atoms with Gasteiger partial charge in [0.2, 0.25) is 0 Å². The molecular formula is C15H25N5. The molecule has 20 heavy (non-hydrogen) atoms. The summed E-state index contributed by atoms with van der Waals surface area (Å²) in [7, 11) is 1.99. The quantitative estimate of drug-likeness (QED) is 0.844. The molecule has 2 rings (SSSR count). The standard InChI is InChI=1S/C15H25N5/c1-5-8-16-15(13-11-18-19(4)12(13)3)14-7-9-17-20(14)10-6-2/h7,9,11,15-16H,5-6,8,10H2,1-4H3. The fourth-order valence-corrected chi connectivity index (χ4v) is 2.45. The molecule has 0 aromatic carbocycles. The Balaban J connectivity index is 2.36. The zero-order valence-electron chi connectivity index (χ0n) is 12.9. The molecule has 0 amide bonds. The predicted octanol–water partition coefficient (Wildman–Crippen LogP) is 2.42. The van der Waals surface area contributed by atoms with Gasteiger partial charge < -0.3 is 5.32 Å². The topological polar surface area (TPSA) is 47.7 Å². The van der Waals surface area contributed by atoms with Crippen molar-refractivity contribution in [2.45, 2.75) is 46.2 Å². The van der Waals surface area contributed by atoms with Crippen LogP contribution >= 0.6 is 0 Å². The van der Waals surface area contributed by atoms with Gasteiger partial charge in [-0.05, 0) is 32.4 Å². The highest BCUT2D eigenvalue weighted by molar-refractivity contribution is 5.29. The Morgan fingerprint density at radius 2 is 2.05 bits per heavy atom. The molecule has 5 heteroatoms. The first-order valence-electron chi connectivity index (χ1n) is 7.42. The van der Waals surface area contributed by atoms with E-state index in [0.717, 1.165) is 25.9 Å². The number of aryl methyl sites for hydroxylation is 2. The van der Waals surface area contributed by atoms with Crippen LogP contribution in [-0.2, 0) is 13.6 Å². The fourth-order valence-electron chi connectivity index (χ4n) is 2.45. The first kappa shape index (κ1) is 14.8. The predicted molar refractivity (Wildman–Crippen MR) is 80.6 cm³/mol. The van der Waals surface area contributed by atoms with E-state index in [-0.39, 0.29) is 6.04 Å². The summed E-state index contributed by atoms with van der Waals surface area (Å²) in [6, 6.07) is 2.27. The number of aromatic nitrogens is 4. The molecule has 0 aliphatic carbocycles. The van der Waals surface area contributed by atoms with Crippen molar-refractivity contribution in [1.82, 2.24) is 24.9 Å². The molecule has 2 aromatic heterocycles. The normalized spacial score (nSPS) is 12.8. The van der Waals surface area contributed by atoms with Gasteiger partial charge >= 0.3 is 0 Å². The summed E-state index contributed by atoms with van der Waals surface area (Å²) < 4.78 is 4.02. The van der Waals surface area contributed by atoms with Crippen LogP contribution in [0.4, 0.5) is 0 Å². The van der Waals surface area contributed by atoms with Gasteiger partial charge in [-0.15, -0.1) is 0 Å². The van der Waals surface area contributed by atoms with Crippen LogP contribution in [0, 0.1) is 6.92 Å². The lowest BCUT2D eigenvalue weighted by molar-refractivity contribution is 0.510. The molecule has 2 heterocycles. The smallest absolute Gasteiger partial charge is 0.0781 e. The Morgan fingerprint density at radius 1 is 1.25 bits per heavy atom. The van der Waals surface area contributed by atoms with Crippen molar-refractivity contribution < 1.29 is 0 Å². The molecule has 2 aromatic rings. The van der Waals surface area contributed by atoms with Crippen LogP contribution < -0.4 is 5.32 Å². The van der Waals surface area contributed by atoms with Crippen molar-refractivity contribution in [2.75, 3.05) is 6.54 Å².